The molecule has 7 heteroatoms. The van der Waals surface area contributed by atoms with Gasteiger partial charge in [-0.15, -0.1) is 5.10 Å². The second-order valence-corrected chi connectivity index (χ2v) is 7.49. The number of rotatable bonds is 6. The van der Waals surface area contributed by atoms with Crippen LogP contribution in [0.2, 0.25) is 0 Å². The van der Waals surface area contributed by atoms with Crippen molar-refractivity contribution in [1.29, 1.82) is 0 Å². The van der Waals surface area contributed by atoms with E-state index in [-0.39, 0.29) is 17.4 Å². The number of hydrogen-bond acceptors (Lipinski definition) is 4. The molecular formula is C19H19FN4OS. The van der Waals surface area contributed by atoms with Crippen LogP contribution in [-0.2, 0) is 0 Å². The maximum Gasteiger partial charge on any atom is 0.209 e. The first-order valence-electron chi connectivity index (χ1n) is 8.56. The molecule has 1 aliphatic carbocycles. The fourth-order valence-electron chi connectivity index (χ4n) is 3.25. The number of ketones is 1. The van der Waals surface area contributed by atoms with Crippen LogP contribution < -0.4 is 0 Å². The molecule has 1 aromatic carbocycles. The largest absolute Gasteiger partial charge is 0.345 e. The topological polar surface area (TPSA) is 63.6 Å². The highest BCUT2D eigenvalue weighted by Crippen LogP contribution is 2.38. The van der Waals surface area contributed by atoms with E-state index < -0.39 is 0 Å². The number of benzene rings is 1. The van der Waals surface area contributed by atoms with Gasteiger partial charge in [0.05, 0.1) is 11.3 Å². The van der Waals surface area contributed by atoms with E-state index in [1.54, 1.807) is 18.2 Å². The summed E-state index contributed by atoms with van der Waals surface area (Å²) in [5.74, 6) is 0.324. The van der Waals surface area contributed by atoms with Gasteiger partial charge in [-0.2, -0.15) is 0 Å². The summed E-state index contributed by atoms with van der Waals surface area (Å²) in [5.41, 5.74) is 3.31. The van der Waals surface area contributed by atoms with Crippen LogP contribution in [0.3, 0.4) is 0 Å². The van der Waals surface area contributed by atoms with E-state index in [1.165, 1.54) is 30.7 Å². The lowest BCUT2D eigenvalue weighted by molar-refractivity contribution is 0.102. The summed E-state index contributed by atoms with van der Waals surface area (Å²) in [5, 5.41) is 7.26. The molecule has 134 valence electrons. The van der Waals surface area contributed by atoms with Crippen molar-refractivity contribution in [3.63, 3.8) is 0 Å². The second-order valence-electron chi connectivity index (χ2n) is 6.54. The summed E-state index contributed by atoms with van der Waals surface area (Å²) in [6.45, 7) is 4.05. The molecule has 3 aromatic rings. The summed E-state index contributed by atoms with van der Waals surface area (Å²) in [4.78, 5) is 16.9. The number of carbonyl (C=O) groups is 1. The van der Waals surface area contributed by atoms with Crippen LogP contribution in [0, 0.1) is 19.7 Å². The Labute approximate surface area is 155 Å². The monoisotopic (exact) mass is 370 g/mol. The SMILES string of the molecule is Cc1cc(C(=O)CSc2n[nH]c(-c3ccccc3F)n2)c(C)n1C1CC1. The lowest BCUT2D eigenvalue weighted by Gasteiger charge is -2.07. The van der Waals surface area contributed by atoms with E-state index in [9.17, 15) is 9.18 Å². The van der Waals surface area contributed by atoms with Crippen molar-refractivity contribution in [3.8, 4) is 11.4 Å². The molecule has 2 heterocycles. The average Bonchev–Trinajstić information content (AvgIpc) is 3.26. The molecule has 4 rings (SSSR count). The van der Waals surface area contributed by atoms with Crippen LogP contribution in [-0.4, -0.2) is 31.3 Å². The fraction of sp³-hybridized carbons (Fsp3) is 0.316. The van der Waals surface area contributed by atoms with E-state index in [0.29, 0.717) is 22.6 Å². The molecule has 26 heavy (non-hydrogen) atoms. The van der Waals surface area contributed by atoms with Gasteiger partial charge in [0.15, 0.2) is 11.6 Å². The Bertz CT molecular complexity index is 974. The zero-order valence-corrected chi connectivity index (χ0v) is 15.4. The van der Waals surface area contributed by atoms with Crippen molar-refractivity contribution in [1.82, 2.24) is 19.7 Å². The normalized spacial score (nSPS) is 14.0. The molecule has 0 radical (unpaired) electrons. The van der Waals surface area contributed by atoms with Crippen LogP contribution in [0.4, 0.5) is 4.39 Å². The highest BCUT2D eigenvalue weighted by Gasteiger charge is 2.28. The Kier molecular flexibility index (Phi) is 4.40. The van der Waals surface area contributed by atoms with Gasteiger partial charge in [0.1, 0.15) is 5.82 Å². The average molecular weight is 370 g/mol. The first-order valence-corrected chi connectivity index (χ1v) is 9.55. The van der Waals surface area contributed by atoms with Crippen molar-refractivity contribution in [3.05, 3.63) is 53.1 Å². The summed E-state index contributed by atoms with van der Waals surface area (Å²) in [6.07, 6.45) is 2.38. The molecule has 1 fully saturated rings. The maximum absolute atomic E-state index is 13.8. The molecular weight excluding hydrogens is 351 g/mol. The number of Topliss-reactive ketones (excluding diaryl/α,β-unsaturated/α-hetero) is 1. The minimum absolute atomic E-state index is 0.0623. The number of aromatic nitrogens is 4. The Balaban J connectivity index is 1.46. The van der Waals surface area contributed by atoms with Crippen LogP contribution in [0.5, 0.6) is 0 Å². The number of aromatic amines is 1. The van der Waals surface area contributed by atoms with Gasteiger partial charge in [0.25, 0.3) is 0 Å². The third kappa shape index (κ3) is 3.19. The second kappa shape index (κ2) is 6.72. The lowest BCUT2D eigenvalue weighted by atomic mass is 10.2. The Morgan fingerprint density at radius 1 is 1.35 bits per heavy atom. The molecule has 0 bridgehead atoms. The molecule has 0 saturated heterocycles. The third-order valence-corrected chi connectivity index (χ3v) is 5.47. The predicted molar refractivity (Wildman–Crippen MR) is 99.0 cm³/mol. The zero-order chi connectivity index (χ0) is 18.3. The van der Waals surface area contributed by atoms with E-state index in [0.717, 1.165) is 17.0 Å². The summed E-state index contributed by atoms with van der Waals surface area (Å²) in [6, 6.07) is 8.92. The van der Waals surface area contributed by atoms with Gasteiger partial charge >= 0.3 is 0 Å². The highest BCUT2D eigenvalue weighted by molar-refractivity contribution is 7.99. The summed E-state index contributed by atoms with van der Waals surface area (Å²) < 4.78 is 16.1. The van der Waals surface area contributed by atoms with Gasteiger partial charge in [0.2, 0.25) is 5.16 Å². The number of H-pyrrole nitrogens is 1. The van der Waals surface area contributed by atoms with Crippen molar-refractivity contribution < 1.29 is 9.18 Å². The van der Waals surface area contributed by atoms with Crippen molar-refractivity contribution in [2.24, 2.45) is 0 Å². The van der Waals surface area contributed by atoms with Crippen LogP contribution in [0.15, 0.2) is 35.5 Å². The standard InChI is InChI=1S/C19H19FN4OS/c1-11-9-15(12(2)24(11)13-7-8-13)17(25)10-26-19-21-18(22-23-19)14-5-3-4-6-16(14)20/h3-6,9,13H,7-8,10H2,1-2H3,(H,21,22,23). The molecule has 2 aromatic heterocycles. The van der Waals surface area contributed by atoms with Gasteiger partial charge in [-0.25, -0.2) is 9.37 Å². The fourth-order valence-corrected chi connectivity index (χ4v) is 3.93. The molecule has 0 unspecified atom stereocenters. The predicted octanol–water partition coefficient (Wildman–Crippen LogP) is 4.34. The molecule has 1 N–H and O–H groups in total. The number of nitrogens with one attached hydrogen (secondary N) is 1. The minimum atomic E-state index is -0.358. The molecule has 0 atom stereocenters. The summed E-state index contributed by atoms with van der Waals surface area (Å²) >= 11 is 1.26. The number of hydrogen-bond donors (Lipinski definition) is 1. The Hall–Kier alpha value is -2.41. The first-order chi connectivity index (χ1) is 12.5. The van der Waals surface area contributed by atoms with Gasteiger partial charge in [-0.3, -0.25) is 9.89 Å². The summed E-state index contributed by atoms with van der Waals surface area (Å²) in [7, 11) is 0. The van der Waals surface area contributed by atoms with Crippen molar-refractivity contribution in [2.45, 2.75) is 37.9 Å². The first kappa shape index (κ1) is 17.0. The van der Waals surface area contributed by atoms with Gasteiger partial charge in [-0.05, 0) is 44.9 Å². The van der Waals surface area contributed by atoms with Crippen LogP contribution >= 0.6 is 11.8 Å². The maximum atomic E-state index is 13.8. The lowest BCUT2D eigenvalue weighted by Crippen LogP contribution is -2.06. The van der Waals surface area contributed by atoms with E-state index in [4.69, 9.17) is 0 Å². The number of thioether (sulfide) groups is 1. The third-order valence-electron chi connectivity index (χ3n) is 4.62. The quantitative estimate of drug-likeness (QED) is 0.518. The van der Waals surface area contributed by atoms with Gasteiger partial charge < -0.3 is 4.57 Å². The van der Waals surface area contributed by atoms with Gasteiger partial charge in [0, 0.05) is 23.0 Å². The van der Waals surface area contributed by atoms with Crippen molar-refractivity contribution in [2.75, 3.05) is 5.75 Å². The van der Waals surface area contributed by atoms with E-state index in [2.05, 4.69) is 19.7 Å². The Morgan fingerprint density at radius 3 is 2.85 bits per heavy atom. The Morgan fingerprint density at radius 2 is 2.12 bits per heavy atom. The zero-order valence-electron chi connectivity index (χ0n) is 14.6. The smallest absolute Gasteiger partial charge is 0.209 e. The molecule has 0 aliphatic heterocycles. The number of aryl methyl sites for hydroxylation is 1. The molecule has 0 spiro atoms. The van der Waals surface area contributed by atoms with E-state index >= 15 is 0 Å². The number of carbonyl (C=O) groups excluding carboxylic acids is 1. The molecule has 5 nitrogen and oxygen atoms in total. The molecule has 0 amide bonds. The van der Waals surface area contributed by atoms with Crippen molar-refractivity contribution >= 4 is 17.5 Å². The van der Waals surface area contributed by atoms with Crippen LogP contribution in [0.25, 0.3) is 11.4 Å². The minimum Gasteiger partial charge on any atom is -0.345 e. The highest BCUT2D eigenvalue weighted by atomic mass is 32.2. The van der Waals surface area contributed by atoms with E-state index in [1.807, 2.05) is 19.9 Å². The molecule has 1 saturated carbocycles. The number of halogens is 1. The van der Waals surface area contributed by atoms with Crippen LogP contribution in [0.1, 0.15) is 40.6 Å². The number of nitrogens with zero attached hydrogens (tertiary/aromatic N) is 3. The molecule has 1 aliphatic rings. The van der Waals surface area contributed by atoms with Gasteiger partial charge in [-0.1, -0.05) is 23.9 Å².